The van der Waals surface area contributed by atoms with E-state index < -0.39 is 24.2 Å². The molecule has 0 atom stereocenters. The first kappa shape index (κ1) is 19.4. The van der Waals surface area contributed by atoms with E-state index in [0.29, 0.717) is 33.4 Å². The van der Waals surface area contributed by atoms with E-state index in [4.69, 9.17) is 9.90 Å². The molecule has 0 bridgehead atoms. The molecule has 0 fully saturated rings. The van der Waals surface area contributed by atoms with Gasteiger partial charge in [0.05, 0.1) is 11.0 Å². The Morgan fingerprint density at radius 2 is 0.894 bits per heavy atom. The zero-order valence-electron chi connectivity index (χ0n) is 33.0. The molecule has 9 aromatic carbocycles. The van der Waals surface area contributed by atoms with Gasteiger partial charge in [-0.05, 0) is 94.7 Å². The second-order valence-electron chi connectivity index (χ2n) is 11.8. The number of fused-ring (bicyclic) bond motifs is 7. The minimum Gasteiger partial charge on any atom is -0.456 e. The standard InChI is InChI=1S/C46H28O/c1-2-14-31-29(12-1)13-11-22-32(31)35-25-26-41(34-16-4-3-15-33(34)35)46-39-20-7-5-18-37(39)45(38-19-6-8-21-40(38)46)30-24-27-44-42(28-30)36-17-9-10-23-43(36)47-44/h1-28H/i5D,6D,7D,8D,18D,19D,20D,21D. The number of para-hydroxylation sites is 1. The van der Waals surface area contributed by atoms with E-state index in [0.717, 1.165) is 43.4 Å². The molecular weight excluding hydrogens is 569 g/mol. The molecule has 1 heteroatoms. The molecule has 10 aromatic rings. The first-order chi connectivity index (χ1) is 26.7. The second-order valence-corrected chi connectivity index (χ2v) is 11.8. The van der Waals surface area contributed by atoms with Crippen LogP contribution in [-0.2, 0) is 0 Å². The molecule has 0 aliphatic carbocycles. The highest BCUT2D eigenvalue weighted by Gasteiger charge is 2.20. The lowest BCUT2D eigenvalue weighted by molar-refractivity contribution is 0.669. The predicted octanol–water partition coefficient (Wildman–Crippen LogP) is 13.2. The zero-order valence-corrected chi connectivity index (χ0v) is 25.0. The van der Waals surface area contributed by atoms with Gasteiger partial charge >= 0.3 is 0 Å². The van der Waals surface area contributed by atoms with Crippen molar-refractivity contribution in [1.82, 2.24) is 0 Å². The van der Waals surface area contributed by atoms with Gasteiger partial charge in [-0.15, -0.1) is 0 Å². The van der Waals surface area contributed by atoms with Gasteiger partial charge in [-0.2, -0.15) is 0 Å². The van der Waals surface area contributed by atoms with Crippen molar-refractivity contribution in [3.8, 4) is 33.4 Å². The van der Waals surface area contributed by atoms with E-state index in [1.807, 2.05) is 84.9 Å². The van der Waals surface area contributed by atoms with Crippen molar-refractivity contribution in [2.24, 2.45) is 0 Å². The Morgan fingerprint density at radius 1 is 0.362 bits per heavy atom. The normalized spacial score (nSPS) is 14.2. The van der Waals surface area contributed by atoms with Crippen molar-refractivity contribution >= 4 is 65.0 Å². The summed E-state index contributed by atoms with van der Waals surface area (Å²) < 4.78 is 79.4. The van der Waals surface area contributed by atoms with Gasteiger partial charge in [-0.25, -0.2) is 0 Å². The Balaban J connectivity index is 1.42. The Kier molecular flexibility index (Phi) is 4.19. The van der Waals surface area contributed by atoms with Crippen LogP contribution in [0.1, 0.15) is 11.0 Å². The second kappa shape index (κ2) is 10.2. The van der Waals surface area contributed by atoms with Gasteiger partial charge in [0.2, 0.25) is 0 Å². The Bertz CT molecular complexity index is 3220. The van der Waals surface area contributed by atoms with Crippen LogP contribution in [-0.4, -0.2) is 0 Å². The van der Waals surface area contributed by atoms with Crippen molar-refractivity contribution in [2.75, 3.05) is 0 Å². The summed E-state index contributed by atoms with van der Waals surface area (Å²) in [5.74, 6) is 0. The summed E-state index contributed by atoms with van der Waals surface area (Å²) in [5, 5.41) is 6.16. The highest BCUT2D eigenvalue weighted by atomic mass is 16.3. The van der Waals surface area contributed by atoms with Crippen molar-refractivity contribution < 1.29 is 15.4 Å². The predicted molar refractivity (Wildman–Crippen MR) is 200 cm³/mol. The Labute approximate surface area is 283 Å². The van der Waals surface area contributed by atoms with E-state index in [1.165, 1.54) is 0 Å². The zero-order chi connectivity index (χ0) is 37.9. The van der Waals surface area contributed by atoms with Crippen LogP contribution in [0.15, 0.2) is 174 Å². The van der Waals surface area contributed by atoms with E-state index in [9.17, 15) is 5.48 Å². The van der Waals surface area contributed by atoms with Crippen molar-refractivity contribution in [1.29, 1.82) is 0 Å². The molecule has 218 valence electrons. The Morgan fingerprint density at radius 3 is 1.64 bits per heavy atom. The number of furan rings is 1. The maximum Gasteiger partial charge on any atom is 0.135 e. The van der Waals surface area contributed by atoms with Crippen LogP contribution in [0.2, 0.25) is 0 Å². The molecule has 0 spiro atoms. The third-order valence-electron chi connectivity index (χ3n) is 9.31. The van der Waals surface area contributed by atoms with Crippen LogP contribution in [0.5, 0.6) is 0 Å². The molecule has 0 saturated heterocycles. The molecule has 1 aromatic heterocycles. The summed E-state index contributed by atoms with van der Waals surface area (Å²) in [6, 6.07) is 36.3. The minimum atomic E-state index is -0.434. The lowest BCUT2D eigenvalue weighted by atomic mass is 9.83. The van der Waals surface area contributed by atoms with Gasteiger partial charge in [0.25, 0.3) is 0 Å². The van der Waals surface area contributed by atoms with Crippen LogP contribution >= 0.6 is 0 Å². The molecule has 0 radical (unpaired) electrons. The van der Waals surface area contributed by atoms with E-state index in [-0.39, 0.29) is 45.7 Å². The molecular formula is C46H28O. The molecule has 10 rings (SSSR count). The van der Waals surface area contributed by atoms with Gasteiger partial charge in [0, 0.05) is 10.8 Å². The summed E-state index contributed by atoms with van der Waals surface area (Å²) >= 11 is 0. The molecule has 0 amide bonds. The van der Waals surface area contributed by atoms with Gasteiger partial charge in [-0.1, -0.05) is 151 Å². The van der Waals surface area contributed by atoms with E-state index in [2.05, 4.69) is 24.3 Å². The van der Waals surface area contributed by atoms with Gasteiger partial charge < -0.3 is 4.42 Å². The largest absolute Gasteiger partial charge is 0.456 e. The lowest BCUT2D eigenvalue weighted by Crippen LogP contribution is -1.92. The molecule has 47 heavy (non-hydrogen) atoms. The number of hydrogen-bond donors (Lipinski definition) is 0. The molecule has 1 heterocycles. The summed E-state index contributed by atoms with van der Waals surface area (Å²) in [4.78, 5) is 0. The highest BCUT2D eigenvalue weighted by Crippen LogP contribution is 2.47. The van der Waals surface area contributed by atoms with Crippen LogP contribution in [0.25, 0.3) is 98.4 Å². The fourth-order valence-electron chi connectivity index (χ4n) is 7.28. The average molecular weight is 605 g/mol. The molecule has 0 unspecified atom stereocenters. The maximum absolute atomic E-state index is 9.46. The third kappa shape index (κ3) is 3.90. The van der Waals surface area contributed by atoms with Crippen LogP contribution < -0.4 is 0 Å². The van der Waals surface area contributed by atoms with E-state index >= 15 is 0 Å². The van der Waals surface area contributed by atoms with Crippen molar-refractivity contribution in [3.05, 3.63) is 170 Å². The third-order valence-corrected chi connectivity index (χ3v) is 9.31. The summed E-state index contributed by atoms with van der Waals surface area (Å²) in [5.41, 5.74) is 5.04. The number of rotatable bonds is 3. The molecule has 0 saturated carbocycles. The maximum atomic E-state index is 9.46. The fourth-order valence-corrected chi connectivity index (χ4v) is 7.28. The monoisotopic (exact) mass is 604 g/mol. The number of hydrogen-bond acceptors (Lipinski definition) is 1. The summed E-state index contributed by atoms with van der Waals surface area (Å²) in [6.45, 7) is 0. The van der Waals surface area contributed by atoms with Crippen LogP contribution in [0.3, 0.4) is 0 Å². The summed E-state index contributed by atoms with van der Waals surface area (Å²) in [7, 11) is 0. The molecule has 0 aliphatic heterocycles. The van der Waals surface area contributed by atoms with Crippen molar-refractivity contribution in [3.63, 3.8) is 0 Å². The van der Waals surface area contributed by atoms with Crippen LogP contribution in [0.4, 0.5) is 0 Å². The molecule has 1 nitrogen and oxygen atoms in total. The average Bonchev–Trinajstić information content (AvgIpc) is 3.60. The smallest absolute Gasteiger partial charge is 0.135 e. The van der Waals surface area contributed by atoms with Gasteiger partial charge in [0.1, 0.15) is 11.2 Å². The number of benzene rings is 9. The quantitative estimate of drug-likeness (QED) is 0.183. The summed E-state index contributed by atoms with van der Waals surface area (Å²) in [6.07, 6.45) is 0. The van der Waals surface area contributed by atoms with E-state index in [1.54, 1.807) is 12.1 Å². The SMILES string of the molecule is [2H]c1c([2H])c([2H])c2c(-c3ccc(-c4cccc5ccccc45)c4ccccc34)c3c([2H])c([2H])c([2H])c([2H])c3c(-c3ccc4oc5ccccc5c4c3)c2c1[2H]. The topological polar surface area (TPSA) is 13.1 Å². The first-order valence-electron chi connectivity index (χ1n) is 19.5. The molecule has 0 N–H and O–H groups in total. The van der Waals surface area contributed by atoms with Crippen LogP contribution in [0, 0.1) is 0 Å². The Hall–Kier alpha value is -6.18. The van der Waals surface area contributed by atoms with Gasteiger partial charge in [-0.3, -0.25) is 0 Å². The minimum absolute atomic E-state index is 0.174. The fraction of sp³-hybridized carbons (Fsp3) is 0. The first-order valence-corrected chi connectivity index (χ1v) is 15.5. The highest BCUT2D eigenvalue weighted by molar-refractivity contribution is 6.25. The molecule has 0 aliphatic rings. The van der Waals surface area contributed by atoms with Gasteiger partial charge in [0.15, 0.2) is 0 Å². The van der Waals surface area contributed by atoms with Crippen molar-refractivity contribution in [2.45, 2.75) is 0 Å². The lowest BCUT2D eigenvalue weighted by Gasteiger charge is -2.20.